The molecule has 8 bridgehead atoms. The molecule has 0 radical (unpaired) electrons. The average Bonchev–Trinajstić information content (AvgIpc) is 3.04. The summed E-state index contributed by atoms with van der Waals surface area (Å²) in [6.07, 6.45) is -2.00. The summed E-state index contributed by atoms with van der Waals surface area (Å²) < 4.78 is 41.9. The zero-order valence-electron chi connectivity index (χ0n) is 27.8. The number of rotatable bonds is 7. The normalized spacial score (nSPS) is 17.4. The molecule has 9 heteroatoms. The van der Waals surface area contributed by atoms with Crippen LogP contribution >= 0.6 is 0 Å². The van der Waals surface area contributed by atoms with Crippen LogP contribution in [0.4, 0.5) is 0 Å². The number of phenols is 2. The summed E-state index contributed by atoms with van der Waals surface area (Å²) in [6, 6.07) is 15.0. The minimum atomic E-state index is -0.796. The van der Waals surface area contributed by atoms with E-state index in [9.17, 15) is 10.2 Å². The van der Waals surface area contributed by atoms with E-state index >= 15 is 0 Å². The van der Waals surface area contributed by atoms with Gasteiger partial charge in [0.1, 0.15) is 52.8 Å². The van der Waals surface area contributed by atoms with Gasteiger partial charge in [0.05, 0.1) is 28.4 Å². The summed E-state index contributed by atoms with van der Waals surface area (Å²) in [7, 11) is 11.1. The van der Waals surface area contributed by atoms with Gasteiger partial charge in [-0.25, -0.2) is 0 Å². The van der Waals surface area contributed by atoms with E-state index in [0.717, 1.165) is 16.7 Å². The van der Waals surface area contributed by atoms with Crippen molar-refractivity contribution in [2.24, 2.45) is 0 Å². The molecule has 0 aromatic heterocycles. The Morgan fingerprint density at radius 1 is 0.457 bits per heavy atom. The Balaban J connectivity index is 1.97. The van der Waals surface area contributed by atoms with Crippen LogP contribution in [-0.2, 0) is 20.6 Å². The standard InChI is InChI=1S/C37H42O9/c1-19-10-22-14-21-15-23(40-3)16-25(31(21)38)34(43-6)29-12-20(2)13-30(37(29)46-9)36(45-8)27-18-24(41-4)17-26(32(27)39)35(44-7)28(11-19)33(22)42-5/h10-13,15-18,34-36,38-39H,14H2,1-9H3/t34-,35-,36+/m0/s1. The van der Waals surface area contributed by atoms with E-state index in [0.29, 0.717) is 68.4 Å². The third-order valence-corrected chi connectivity index (χ3v) is 8.63. The lowest BCUT2D eigenvalue weighted by molar-refractivity contribution is 0.120. The molecule has 9 nitrogen and oxygen atoms in total. The molecule has 0 spiro atoms. The first-order chi connectivity index (χ1) is 22.1. The molecule has 1 aliphatic carbocycles. The Hall–Kier alpha value is -4.44. The number of aromatic hydroxyl groups is 2. The highest BCUT2D eigenvalue weighted by molar-refractivity contribution is 5.61. The Labute approximate surface area is 270 Å². The van der Waals surface area contributed by atoms with Crippen molar-refractivity contribution in [1.29, 1.82) is 0 Å². The summed E-state index contributed by atoms with van der Waals surface area (Å²) in [6.45, 7) is 3.94. The highest BCUT2D eigenvalue weighted by Crippen LogP contribution is 2.49. The molecule has 3 atom stereocenters. The van der Waals surface area contributed by atoms with Crippen LogP contribution in [0.1, 0.15) is 73.9 Å². The molecule has 0 saturated heterocycles. The van der Waals surface area contributed by atoms with E-state index in [4.69, 9.17) is 33.2 Å². The Morgan fingerprint density at radius 2 is 0.870 bits per heavy atom. The minimum absolute atomic E-state index is 0.0160. The van der Waals surface area contributed by atoms with Gasteiger partial charge in [-0.2, -0.15) is 0 Å². The topological polar surface area (TPSA) is 105 Å². The van der Waals surface area contributed by atoms with Crippen molar-refractivity contribution in [3.8, 4) is 34.5 Å². The molecular weight excluding hydrogens is 588 g/mol. The van der Waals surface area contributed by atoms with Crippen LogP contribution < -0.4 is 18.9 Å². The van der Waals surface area contributed by atoms with Crippen LogP contribution in [-0.4, -0.2) is 60.0 Å². The van der Waals surface area contributed by atoms with Crippen molar-refractivity contribution in [3.63, 3.8) is 0 Å². The van der Waals surface area contributed by atoms with Gasteiger partial charge in [0.2, 0.25) is 0 Å². The first kappa shape index (κ1) is 32.9. The zero-order chi connectivity index (χ0) is 33.3. The van der Waals surface area contributed by atoms with E-state index in [1.54, 1.807) is 68.0 Å². The maximum Gasteiger partial charge on any atom is 0.131 e. The first-order valence-corrected chi connectivity index (χ1v) is 14.9. The van der Waals surface area contributed by atoms with Crippen LogP contribution in [0.3, 0.4) is 0 Å². The lowest BCUT2D eigenvalue weighted by atomic mass is 9.87. The fourth-order valence-corrected chi connectivity index (χ4v) is 6.69. The molecule has 1 aliphatic rings. The van der Waals surface area contributed by atoms with Gasteiger partial charge in [-0.3, -0.25) is 0 Å². The molecule has 0 heterocycles. The van der Waals surface area contributed by atoms with E-state index in [2.05, 4.69) is 0 Å². The number of hydrogen-bond acceptors (Lipinski definition) is 9. The molecule has 5 rings (SSSR count). The second-order valence-corrected chi connectivity index (χ2v) is 11.4. The third-order valence-electron chi connectivity index (χ3n) is 8.63. The number of aryl methyl sites for hydroxylation is 2. The monoisotopic (exact) mass is 630 g/mol. The van der Waals surface area contributed by atoms with Gasteiger partial charge in [0.15, 0.2) is 0 Å². The minimum Gasteiger partial charge on any atom is -0.507 e. The fourth-order valence-electron chi connectivity index (χ4n) is 6.69. The van der Waals surface area contributed by atoms with Crippen molar-refractivity contribution in [3.05, 3.63) is 104 Å². The maximum absolute atomic E-state index is 12.0. The number of benzene rings is 4. The molecule has 0 fully saturated rings. The fraction of sp³-hybridized carbons (Fsp3) is 0.351. The van der Waals surface area contributed by atoms with Gasteiger partial charge in [0, 0.05) is 66.7 Å². The number of hydrogen-bond donors (Lipinski definition) is 2. The van der Waals surface area contributed by atoms with E-state index in [1.807, 2.05) is 44.2 Å². The number of phenolic OH excluding ortho intramolecular Hbond substituents is 2. The Bertz CT molecular complexity index is 1740. The average molecular weight is 631 g/mol. The van der Waals surface area contributed by atoms with Crippen LogP contribution in [0, 0.1) is 13.8 Å². The molecule has 46 heavy (non-hydrogen) atoms. The van der Waals surface area contributed by atoms with Crippen LogP contribution in [0.15, 0.2) is 48.5 Å². The molecule has 0 amide bonds. The summed E-state index contributed by atoms with van der Waals surface area (Å²) in [5.41, 5.74) is 6.69. The van der Waals surface area contributed by atoms with Crippen LogP contribution in [0.5, 0.6) is 34.5 Å². The summed E-state index contributed by atoms with van der Waals surface area (Å²) in [5, 5.41) is 23.9. The summed E-state index contributed by atoms with van der Waals surface area (Å²) >= 11 is 0. The predicted molar refractivity (Wildman–Crippen MR) is 174 cm³/mol. The number of fused-ring (bicyclic) bond motifs is 8. The first-order valence-electron chi connectivity index (χ1n) is 14.9. The molecule has 4 aromatic carbocycles. The smallest absolute Gasteiger partial charge is 0.131 e. The van der Waals surface area contributed by atoms with Crippen LogP contribution in [0.2, 0.25) is 0 Å². The van der Waals surface area contributed by atoms with Gasteiger partial charge in [-0.15, -0.1) is 0 Å². The van der Waals surface area contributed by atoms with E-state index < -0.39 is 18.3 Å². The maximum atomic E-state index is 12.0. The molecule has 2 N–H and O–H groups in total. The van der Waals surface area contributed by atoms with E-state index in [-0.39, 0.29) is 11.5 Å². The van der Waals surface area contributed by atoms with Gasteiger partial charge >= 0.3 is 0 Å². The second-order valence-electron chi connectivity index (χ2n) is 11.4. The van der Waals surface area contributed by atoms with E-state index in [1.165, 1.54) is 0 Å². The second kappa shape index (κ2) is 13.5. The van der Waals surface area contributed by atoms with Gasteiger partial charge in [-0.1, -0.05) is 17.2 Å². The highest BCUT2D eigenvalue weighted by atomic mass is 16.5. The Kier molecular flexibility index (Phi) is 9.67. The quantitative estimate of drug-likeness (QED) is 0.227. The molecule has 244 valence electrons. The number of ether oxygens (including phenoxy) is 7. The largest absolute Gasteiger partial charge is 0.507 e. The molecule has 0 aliphatic heterocycles. The SMILES string of the molecule is COc1cc2c(O)c(c1)[C@H](OC)c1cc(C)cc(c1OC)[C@H](OC)c1cc(OC)cc(c1O)[C@H](OC)c1cc(C)cc(c1OC)C2. The molecule has 0 saturated carbocycles. The third kappa shape index (κ3) is 5.70. The summed E-state index contributed by atoms with van der Waals surface area (Å²) in [5.74, 6) is 2.16. The Morgan fingerprint density at radius 3 is 1.30 bits per heavy atom. The molecular formula is C37H42O9. The lowest BCUT2D eigenvalue weighted by Gasteiger charge is -2.29. The lowest BCUT2D eigenvalue weighted by Crippen LogP contribution is -2.14. The predicted octanol–water partition coefficient (Wildman–Crippen LogP) is 6.86. The van der Waals surface area contributed by atoms with Crippen molar-refractivity contribution in [1.82, 2.24) is 0 Å². The van der Waals surface area contributed by atoms with Crippen molar-refractivity contribution >= 4 is 0 Å². The van der Waals surface area contributed by atoms with Crippen molar-refractivity contribution in [2.45, 2.75) is 38.6 Å². The molecule has 4 aromatic rings. The van der Waals surface area contributed by atoms with Gasteiger partial charge in [0.25, 0.3) is 0 Å². The van der Waals surface area contributed by atoms with Gasteiger partial charge in [-0.05, 0) is 61.9 Å². The number of methoxy groups -OCH3 is 7. The zero-order valence-corrected chi connectivity index (χ0v) is 27.8. The van der Waals surface area contributed by atoms with Crippen molar-refractivity contribution in [2.75, 3.05) is 49.8 Å². The molecule has 0 unspecified atom stereocenters. The van der Waals surface area contributed by atoms with Crippen LogP contribution in [0.25, 0.3) is 0 Å². The summed E-state index contributed by atoms with van der Waals surface area (Å²) in [4.78, 5) is 0. The van der Waals surface area contributed by atoms with Gasteiger partial charge < -0.3 is 43.4 Å². The van der Waals surface area contributed by atoms with Crippen molar-refractivity contribution < 1.29 is 43.4 Å². The highest BCUT2D eigenvalue weighted by Gasteiger charge is 2.33.